The Morgan fingerprint density at radius 3 is 2.58 bits per heavy atom. The summed E-state index contributed by atoms with van der Waals surface area (Å²) in [5.74, 6) is -0.556. The van der Waals surface area contributed by atoms with E-state index in [4.69, 9.17) is 10.8 Å². The first-order valence-corrected chi connectivity index (χ1v) is 3.71. The molecule has 0 aliphatic heterocycles. The van der Waals surface area contributed by atoms with Crippen molar-refractivity contribution < 1.29 is 14.7 Å². The number of hydrogen-bond acceptors (Lipinski definition) is 4. The van der Waals surface area contributed by atoms with Gasteiger partial charge in [-0.15, -0.1) is 0 Å². The Bertz CT molecular complexity index is 170. The van der Waals surface area contributed by atoms with Crippen molar-refractivity contribution in [3.63, 3.8) is 0 Å². The zero-order valence-electron chi connectivity index (χ0n) is 7.04. The molecule has 1 atom stereocenters. The van der Waals surface area contributed by atoms with Crippen LogP contribution in [0.5, 0.6) is 0 Å². The van der Waals surface area contributed by atoms with Crippen molar-refractivity contribution >= 4 is 11.7 Å². The van der Waals surface area contributed by atoms with Crippen molar-refractivity contribution in [1.29, 1.82) is 0 Å². The summed E-state index contributed by atoms with van der Waals surface area (Å²) >= 11 is 0. The predicted molar refractivity (Wildman–Crippen MR) is 43.4 cm³/mol. The van der Waals surface area contributed by atoms with Gasteiger partial charge in [-0.25, -0.2) is 0 Å². The second-order valence-corrected chi connectivity index (χ2v) is 2.51. The van der Waals surface area contributed by atoms with Crippen LogP contribution in [0.2, 0.25) is 0 Å². The van der Waals surface area contributed by atoms with Crippen molar-refractivity contribution in [3.8, 4) is 0 Å². The Labute approximate surface area is 70.9 Å². The fraction of sp³-hybridized carbons (Fsp3) is 0.714. The highest BCUT2D eigenvalue weighted by atomic mass is 16.3. The molecule has 0 aromatic carbocycles. The van der Waals surface area contributed by atoms with Crippen molar-refractivity contribution in [3.05, 3.63) is 0 Å². The number of aliphatic hydroxyl groups excluding tert-OH is 1. The summed E-state index contributed by atoms with van der Waals surface area (Å²) in [6.45, 7) is 1.19. The molecule has 0 saturated carbocycles. The lowest BCUT2D eigenvalue weighted by Gasteiger charge is -2.07. The number of ketones is 1. The van der Waals surface area contributed by atoms with Gasteiger partial charge < -0.3 is 16.2 Å². The molecule has 0 spiro atoms. The molecule has 5 nitrogen and oxygen atoms in total. The second kappa shape index (κ2) is 5.68. The van der Waals surface area contributed by atoms with E-state index in [1.165, 1.54) is 6.92 Å². The molecule has 0 radical (unpaired) electrons. The molecule has 4 N–H and O–H groups in total. The molecule has 1 amide bonds. The van der Waals surface area contributed by atoms with Crippen LogP contribution in [0.25, 0.3) is 0 Å². The lowest BCUT2D eigenvalue weighted by molar-refractivity contribution is -0.124. The summed E-state index contributed by atoms with van der Waals surface area (Å²) < 4.78 is 0. The minimum absolute atomic E-state index is 0.103. The summed E-state index contributed by atoms with van der Waals surface area (Å²) in [6, 6.07) is -0.524. The van der Waals surface area contributed by atoms with Crippen molar-refractivity contribution in [2.24, 2.45) is 5.73 Å². The minimum Gasteiger partial charge on any atom is -0.387 e. The van der Waals surface area contributed by atoms with Crippen LogP contribution in [-0.2, 0) is 9.59 Å². The summed E-state index contributed by atoms with van der Waals surface area (Å²) in [7, 11) is 0. The molecular formula is C7H14N2O3. The first kappa shape index (κ1) is 11.1. The number of nitrogens with two attached hydrogens (primary N) is 1. The highest BCUT2D eigenvalue weighted by molar-refractivity contribution is 5.81. The van der Waals surface area contributed by atoms with Crippen molar-refractivity contribution in [2.45, 2.75) is 19.4 Å². The Kier molecular flexibility index (Phi) is 5.23. The summed E-state index contributed by atoms with van der Waals surface area (Å²) in [5.41, 5.74) is 5.38. The molecule has 0 bridgehead atoms. The minimum atomic E-state index is -0.532. The monoisotopic (exact) mass is 174 g/mol. The molecule has 0 aromatic heterocycles. The topological polar surface area (TPSA) is 92.4 Å². The van der Waals surface area contributed by atoms with E-state index in [9.17, 15) is 9.59 Å². The molecule has 12 heavy (non-hydrogen) atoms. The standard InChI is InChI=1S/C7H14N2O3/c1-5(11)6(8)2-3-9-7(12)4-10/h6,10H,2-4,8H2,1H3,(H,9,12)/t6-/m0/s1. The number of rotatable bonds is 5. The number of carbonyl (C=O) groups excluding carboxylic acids is 2. The molecule has 0 heterocycles. The lowest BCUT2D eigenvalue weighted by Crippen LogP contribution is -2.35. The number of Topliss-reactive ketones (excluding diaryl/α,β-unsaturated/α-hetero) is 1. The molecule has 0 aliphatic carbocycles. The number of hydrogen-bond donors (Lipinski definition) is 3. The number of carbonyl (C=O) groups is 2. The smallest absolute Gasteiger partial charge is 0.245 e. The highest BCUT2D eigenvalue weighted by Gasteiger charge is 2.07. The van der Waals surface area contributed by atoms with Gasteiger partial charge in [0.1, 0.15) is 12.4 Å². The molecule has 0 aromatic rings. The highest BCUT2D eigenvalue weighted by Crippen LogP contribution is 1.87. The van der Waals surface area contributed by atoms with Gasteiger partial charge in [-0.3, -0.25) is 9.59 Å². The normalized spacial score (nSPS) is 12.2. The molecule has 0 unspecified atom stereocenters. The van der Waals surface area contributed by atoms with Crippen LogP contribution in [0.4, 0.5) is 0 Å². The van der Waals surface area contributed by atoms with E-state index in [2.05, 4.69) is 5.32 Å². The molecule has 0 rings (SSSR count). The van der Waals surface area contributed by atoms with Crippen LogP contribution in [-0.4, -0.2) is 36.0 Å². The van der Waals surface area contributed by atoms with Crippen LogP contribution < -0.4 is 11.1 Å². The first-order chi connectivity index (χ1) is 5.57. The molecule has 0 saturated heterocycles. The fourth-order valence-corrected chi connectivity index (χ4v) is 0.626. The van der Waals surface area contributed by atoms with Crippen LogP contribution in [0, 0.1) is 0 Å². The predicted octanol–water partition coefficient (Wildman–Crippen LogP) is -1.60. The van der Waals surface area contributed by atoms with E-state index in [-0.39, 0.29) is 5.78 Å². The van der Waals surface area contributed by atoms with E-state index in [0.717, 1.165) is 0 Å². The van der Waals surface area contributed by atoms with Crippen LogP contribution in [0.15, 0.2) is 0 Å². The van der Waals surface area contributed by atoms with Gasteiger partial charge in [0.05, 0.1) is 6.04 Å². The molecular weight excluding hydrogens is 160 g/mol. The summed E-state index contributed by atoms with van der Waals surface area (Å²) in [5, 5.41) is 10.7. The van der Waals surface area contributed by atoms with E-state index in [1.807, 2.05) is 0 Å². The third-order valence-corrected chi connectivity index (χ3v) is 1.44. The second-order valence-electron chi connectivity index (χ2n) is 2.51. The quantitative estimate of drug-likeness (QED) is 0.468. The SMILES string of the molecule is CC(=O)[C@@H](N)CCNC(=O)CO. The third-order valence-electron chi connectivity index (χ3n) is 1.44. The van der Waals surface area contributed by atoms with Crippen LogP contribution >= 0.6 is 0 Å². The Morgan fingerprint density at radius 2 is 2.17 bits per heavy atom. The Balaban J connectivity index is 3.43. The Hall–Kier alpha value is -0.940. The summed E-state index contributed by atoms with van der Waals surface area (Å²) in [4.78, 5) is 21.1. The van der Waals surface area contributed by atoms with Gasteiger partial charge in [-0.2, -0.15) is 0 Å². The van der Waals surface area contributed by atoms with Gasteiger partial charge in [0.2, 0.25) is 5.91 Å². The third kappa shape index (κ3) is 4.81. The maximum absolute atomic E-state index is 10.6. The van der Waals surface area contributed by atoms with E-state index >= 15 is 0 Å². The lowest BCUT2D eigenvalue weighted by atomic mass is 10.1. The average Bonchev–Trinajstić information content (AvgIpc) is 2.03. The Morgan fingerprint density at radius 1 is 1.58 bits per heavy atom. The first-order valence-electron chi connectivity index (χ1n) is 3.71. The molecule has 0 aliphatic rings. The van der Waals surface area contributed by atoms with E-state index in [0.29, 0.717) is 13.0 Å². The fourth-order valence-electron chi connectivity index (χ4n) is 0.626. The number of amides is 1. The van der Waals surface area contributed by atoms with Gasteiger partial charge in [0.15, 0.2) is 0 Å². The number of aliphatic hydroxyl groups is 1. The van der Waals surface area contributed by atoms with E-state index < -0.39 is 18.6 Å². The van der Waals surface area contributed by atoms with Crippen LogP contribution in [0.1, 0.15) is 13.3 Å². The largest absolute Gasteiger partial charge is 0.387 e. The average molecular weight is 174 g/mol. The van der Waals surface area contributed by atoms with Gasteiger partial charge in [0, 0.05) is 6.54 Å². The van der Waals surface area contributed by atoms with Gasteiger partial charge in [-0.05, 0) is 13.3 Å². The zero-order chi connectivity index (χ0) is 9.56. The van der Waals surface area contributed by atoms with Crippen molar-refractivity contribution in [2.75, 3.05) is 13.2 Å². The maximum atomic E-state index is 10.6. The van der Waals surface area contributed by atoms with Gasteiger partial charge in [0.25, 0.3) is 0 Å². The maximum Gasteiger partial charge on any atom is 0.245 e. The number of nitrogens with one attached hydrogen (secondary N) is 1. The van der Waals surface area contributed by atoms with Crippen LogP contribution in [0.3, 0.4) is 0 Å². The van der Waals surface area contributed by atoms with E-state index in [1.54, 1.807) is 0 Å². The summed E-state index contributed by atoms with van der Waals surface area (Å²) in [6.07, 6.45) is 0.404. The molecule has 70 valence electrons. The van der Waals surface area contributed by atoms with Gasteiger partial charge in [-0.1, -0.05) is 0 Å². The van der Waals surface area contributed by atoms with Crippen molar-refractivity contribution in [1.82, 2.24) is 5.32 Å². The molecule has 0 fully saturated rings. The molecule has 5 heteroatoms. The van der Waals surface area contributed by atoms with Gasteiger partial charge >= 0.3 is 0 Å². The zero-order valence-corrected chi connectivity index (χ0v) is 7.04.